The molecule has 1 atom stereocenters. The second-order valence-electron chi connectivity index (χ2n) is 9.83. The smallest absolute Gasteiger partial charge is 0.300 e. The Bertz CT molecular complexity index is 1320. The van der Waals surface area contributed by atoms with E-state index in [2.05, 4.69) is 20.8 Å². The van der Waals surface area contributed by atoms with E-state index >= 15 is 0 Å². The van der Waals surface area contributed by atoms with Gasteiger partial charge in [-0.3, -0.25) is 14.5 Å². The minimum Gasteiger partial charge on any atom is -0.507 e. The number of carbonyl (C=O) groups excluding carboxylic acids is 2. The summed E-state index contributed by atoms with van der Waals surface area (Å²) in [7, 11) is 0. The molecule has 1 aromatic heterocycles. The summed E-state index contributed by atoms with van der Waals surface area (Å²) in [6, 6.07) is 15.4. The van der Waals surface area contributed by atoms with Crippen LogP contribution < -0.4 is 9.64 Å². The summed E-state index contributed by atoms with van der Waals surface area (Å²) in [6.07, 6.45) is 0. The number of ketones is 1. The standard InChI is InChI=1S/C29H31NO5/c1-7-34-21-10-8-9-20(16-21)30-25(23-14-12-18(3)35-23)24(27(32)28(30)33)26(31)22-15-19(29(4,5)6)13-11-17(22)2/h8-16,25,31H,7H2,1-6H3/b26-24+. The lowest BCUT2D eigenvalue weighted by molar-refractivity contribution is -0.132. The highest BCUT2D eigenvalue weighted by Gasteiger charge is 2.48. The van der Waals surface area contributed by atoms with Gasteiger partial charge in [-0.25, -0.2) is 0 Å². The first-order valence-electron chi connectivity index (χ1n) is 11.7. The molecule has 1 fully saturated rings. The van der Waals surface area contributed by atoms with E-state index in [1.54, 1.807) is 43.3 Å². The van der Waals surface area contributed by atoms with E-state index in [9.17, 15) is 14.7 Å². The van der Waals surface area contributed by atoms with E-state index in [0.29, 0.717) is 35.1 Å². The lowest BCUT2D eigenvalue weighted by Crippen LogP contribution is -2.29. The maximum atomic E-state index is 13.4. The third-order valence-electron chi connectivity index (χ3n) is 6.24. The van der Waals surface area contributed by atoms with Crippen molar-refractivity contribution < 1.29 is 23.8 Å². The molecule has 35 heavy (non-hydrogen) atoms. The van der Waals surface area contributed by atoms with Gasteiger partial charge in [-0.15, -0.1) is 0 Å². The van der Waals surface area contributed by atoms with Gasteiger partial charge < -0.3 is 14.3 Å². The Kier molecular flexibility index (Phi) is 6.32. The number of nitrogens with zero attached hydrogens (tertiary/aromatic N) is 1. The maximum Gasteiger partial charge on any atom is 0.300 e. The highest BCUT2D eigenvalue weighted by atomic mass is 16.5. The molecule has 0 aliphatic carbocycles. The lowest BCUT2D eigenvalue weighted by Gasteiger charge is -2.24. The molecule has 0 spiro atoms. The Morgan fingerprint density at radius 1 is 1.06 bits per heavy atom. The Morgan fingerprint density at radius 3 is 2.43 bits per heavy atom. The van der Waals surface area contributed by atoms with Crippen LogP contribution in [0.5, 0.6) is 5.75 Å². The first-order valence-corrected chi connectivity index (χ1v) is 11.7. The van der Waals surface area contributed by atoms with Crippen LogP contribution in [0.25, 0.3) is 5.76 Å². The fourth-order valence-electron chi connectivity index (χ4n) is 4.35. The van der Waals surface area contributed by atoms with Crippen LogP contribution in [0.2, 0.25) is 0 Å². The number of ether oxygens (including phenoxy) is 1. The lowest BCUT2D eigenvalue weighted by atomic mass is 9.84. The number of amides is 1. The van der Waals surface area contributed by atoms with Crippen LogP contribution in [-0.4, -0.2) is 23.4 Å². The van der Waals surface area contributed by atoms with Gasteiger partial charge in [0, 0.05) is 17.3 Å². The van der Waals surface area contributed by atoms with Crippen molar-refractivity contribution >= 4 is 23.1 Å². The molecule has 0 radical (unpaired) electrons. The molecule has 1 N–H and O–H groups in total. The number of aliphatic hydroxyl groups excluding tert-OH is 1. The van der Waals surface area contributed by atoms with Crippen LogP contribution in [0.4, 0.5) is 5.69 Å². The van der Waals surface area contributed by atoms with Crippen molar-refractivity contribution in [2.75, 3.05) is 11.5 Å². The first-order chi connectivity index (χ1) is 16.5. The number of anilines is 1. The molecule has 4 rings (SSSR count). The second-order valence-corrected chi connectivity index (χ2v) is 9.83. The Hall–Kier alpha value is -3.80. The van der Waals surface area contributed by atoms with E-state index in [4.69, 9.17) is 9.15 Å². The summed E-state index contributed by atoms with van der Waals surface area (Å²) < 4.78 is 11.5. The number of benzene rings is 2. The number of rotatable bonds is 5. The minimum absolute atomic E-state index is 0.000298. The van der Waals surface area contributed by atoms with E-state index in [0.717, 1.165) is 11.1 Å². The zero-order chi connectivity index (χ0) is 25.5. The predicted molar refractivity (Wildman–Crippen MR) is 136 cm³/mol. The summed E-state index contributed by atoms with van der Waals surface area (Å²) in [5.74, 6) is -0.0912. The molecule has 1 aliphatic heterocycles. The van der Waals surface area contributed by atoms with Crippen molar-refractivity contribution in [3.8, 4) is 5.75 Å². The minimum atomic E-state index is -0.918. The van der Waals surface area contributed by atoms with Crippen molar-refractivity contribution in [2.24, 2.45) is 0 Å². The number of furan rings is 1. The van der Waals surface area contributed by atoms with Crippen molar-refractivity contribution in [2.45, 2.75) is 53.0 Å². The number of hydrogen-bond acceptors (Lipinski definition) is 5. The molecule has 1 aliphatic rings. The zero-order valence-corrected chi connectivity index (χ0v) is 21.0. The molecule has 1 unspecified atom stereocenters. The van der Waals surface area contributed by atoms with Crippen LogP contribution >= 0.6 is 0 Å². The van der Waals surface area contributed by atoms with Gasteiger partial charge in [-0.2, -0.15) is 0 Å². The quantitative estimate of drug-likeness (QED) is 0.270. The van der Waals surface area contributed by atoms with Crippen molar-refractivity contribution in [1.82, 2.24) is 0 Å². The van der Waals surface area contributed by atoms with Gasteiger partial charge in [-0.1, -0.05) is 39.0 Å². The monoisotopic (exact) mass is 473 g/mol. The fourth-order valence-corrected chi connectivity index (χ4v) is 4.35. The number of Topliss-reactive ketones (excluding diaryl/α,β-unsaturated/α-hetero) is 1. The van der Waals surface area contributed by atoms with E-state index in [-0.39, 0.29) is 16.7 Å². The molecule has 6 nitrogen and oxygen atoms in total. The van der Waals surface area contributed by atoms with Crippen LogP contribution in [0.15, 0.2) is 64.6 Å². The summed E-state index contributed by atoms with van der Waals surface area (Å²) in [5, 5.41) is 11.5. The number of hydrogen-bond donors (Lipinski definition) is 1. The SMILES string of the molecule is CCOc1cccc(N2C(=O)C(=O)/C(=C(/O)c3cc(C(C)(C)C)ccc3C)C2c2ccc(C)o2)c1. The molecular weight excluding hydrogens is 442 g/mol. The van der Waals surface area contributed by atoms with Crippen LogP contribution in [0.3, 0.4) is 0 Å². The van der Waals surface area contributed by atoms with Gasteiger partial charge in [0.1, 0.15) is 29.1 Å². The topological polar surface area (TPSA) is 80.0 Å². The Balaban J connectivity index is 1.95. The molecular formula is C29H31NO5. The highest BCUT2D eigenvalue weighted by molar-refractivity contribution is 6.51. The van der Waals surface area contributed by atoms with Crippen LogP contribution in [0.1, 0.15) is 61.9 Å². The number of aliphatic hydroxyl groups is 1. The van der Waals surface area contributed by atoms with Gasteiger partial charge >= 0.3 is 0 Å². The largest absolute Gasteiger partial charge is 0.507 e. The average molecular weight is 474 g/mol. The van der Waals surface area contributed by atoms with Gasteiger partial charge in [-0.05, 0) is 67.6 Å². The van der Waals surface area contributed by atoms with Gasteiger partial charge in [0.15, 0.2) is 0 Å². The number of aryl methyl sites for hydroxylation is 2. The normalized spacial score (nSPS) is 17.8. The average Bonchev–Trinajstić information content (AvgIpc) is 3.34. The van der Waals surface area contributed by atoms with Crippen molar-refractivity contribution in [1.29, 1.82) is 0 Å². The van der Waals surface area contributed by atoms with E-state index in [1.165, 1.54) is 4.90 Å². The molecule has 6 heteroatoms. The fraction of sp³-hybridized carbons (Fsp3) is 0.310. The molecule has 0 bridgehead atoms. The molecule has 182 valence electrons. The van der Waals surface area contributed by atoms with E-state index < -0.39 is 17.7 Å². The predicted octanol–water partition coefficient (Wildman–Crippen LogP) is 6.22. The third-order valence-corrected chi connectivity index (χ3v) is 6.24. The Labute approximate surface area is 205 Å². The summed E-state index contributed by atoms with van der Waals surface area (Å²) in [6.45, 7) is 12.2. The van der Waals surface area contributed by atoms with E-state index in [1.807, 2.05) is 32.0 Å². The van der Waals surface area contributed by atoms with Crippen LogP contribution in [0, 0.1) is 13.8 Å². The summed E-state index contributed by atoms with van der Waals surface area (Å²) in [4.78, 5) is 28.2. The molecule has 1 amide bonds. The molecule has 0 saturated carbocycles. The summed E-state index contributed by atoms with van der Waals surface area (Å²) in [5.41, 5.74) is 2.65. The highest BCUT2D eigenvalue weighted by Crippen LogP contribution is 2.44. The maximum absolute atomic E-state index is 13.4. The molecule has 1 saturated heterocycles. The Morgan fingerprint density at radius 2 is 1.80 bits per heavy atom. The van der Waals surface area contributed by atoms with Crippen molar-refractivity contribution in [3.05, 3.63) is 88.4 Å². The molecule has 2 aromatic carbocycles. The van der Waals surface area contributed by atoms with Crippen molar-refractivity contribution in [3.63, 3.8) is 0 Å². The number of carbonyl (C=O) groups is 2. The first kappa shape index (κ1) is 24.3. The van der Waals surface area contributed by atoms with Gasteiger partial charge in [0.05, 0.1) is 12.2 Å². The summed E-state index contributed by atoms with van der Waals surface area (Å²) >= 11 is 0. The molecule has 2 heterocycles. The third kappa shape index (κ3) is 4.48. The van der Waals surface area contributed by atoms with Gasteiger partial charge in [0.25, 0.3) is 11.7 Å². The van der Waals surface area contributed by atoms with Crippen LogP contribution in [-0.2, 0) is 15.0 Å². The second kappa shape index (κ2) is 9.10. The zero-order valence-electron chi connectivity index (χ0n) is 21.0. The van der Waals surface area contributed by atoms with Gasteiger partial charge in [0.2, 0.25) is 0 Å². The molecule has 3 aromatic rings.